The molecule has 1 fully saturated rings. The van der Waals surface area contributed by atoms with Crippen LogP contribution in [0.4, 0.5) is 0 Å². The smallest absolute Gasteiger partial charge is 0.267 e. The Morgan fingerprint density at radius 1 is 1.53 bits per heavy atom. The Kier molecular flexibility index (Phi) is 5.97. The number of unbranched alkanes of at least 4 members (excludes halogenated alkanes) is 1. The second kappa shape index (κ2) is 6.65. The summed E-state index contributed by atoms with van der Waals surface area (Å²) in [6.45, 7) is 7.34. The van der Waals surface area contributed by atoms with Crippen molar-refractivity contribution in [1.29, 1.82) is 0 Å². The summed E-state index contributed by atoms with van der Waals surface area (Å²) in [5, 5.41) is -0.249. The van der Waals surface area contributed by atoms with Crippen LogP contribution in [0.25, 0.3) is 0 Å². The van der Waals surface area contributed by atoms with Gasteiger partial charge in [0, 0.05) is 5.75 Å². The van der Waals surface area contributed by atoms with E-state index < -0.39 is 14.2 Å². The fraction of sp³-hybridized carbons (Fsp3) is 0.750. The van der Waals surface area contributed by atoms with Crippen LogP contribution in [0.3, 0.4) is 0 Å². The van der Waals surface area contributed by atoms with Gasteiger partial charge in [-0.3, -0.25) is 9.35 Å². The van der Waals surface area contributed by atoms with E-state index in [0.717, 1.165) is 12.8 Å². The van der Waals surface area contributed by atoms with Gasteiger partial charge in [0.25, 0.3) is 10.1 Å². The summed E-state index contributed by atoms with van der Waals surface area (Å²) in [6.07, 6.45) is 2.51. The second-order valence-corrected chi connectivity index (χ2v) is 9.50. The Morgan fingerprint density at radius 2 is 2.16 bits per heavy atom. The Hall–Kier alpha value is 0.0200. The van der Waals surface area contributed by atoms with Crippen molar-refractivity contribution in [3.8, 4) is 0 Å². The standard InChI is InChI=1S/C12H20O4S3/c1-4-5-6-12(8-19(14,15)16)17-7-10(18-12)11(13)9(2)3/h10H,2,4-8H2,1,3H3,(H,14,15,16). The molecule has 4 nitrogen and oxygen atoms in total. The molecule has 0 spiro atoms. The highest BCUT2D eigenvalue weighted by atomic mass is 32.2. The van der Waals surface area contributed by atoms with E-state index in [4.69, 9.17) is 4.55 Å². The molecule has 1 heterocycles. The van der Waals surface area contributed by atoms with E-state index in [0.29, 0.717) is 17.7 Å². The van der Waals surface area contributed by atoms with Crippen molar-refractivity contribution < 1.29 is 17.8 Å². The van der Waals surface area contributed by atoms with Gasteiger partial charge in [0.15, 0.2) is 5.78 Å². The van der Waals surface area contributed by atoms with Gasteiger partial charge in [0.2, 0.25) is 0 Å². The molecule has 1 aliphatic heterocycles. The number of hydrogen-bond donors (Lipinski definition) is 1. The van der Waals surface area contributed by atoms with Gasteiger partial charge in [-0.25, -0.2) is 0 Å². The number of rotatable bonds is 7. The van der Waals surface area contributed by atoms with E-state index in [1.54, 1.807) is 6.92 Å². The van der Waals surface area contributed by atoms with E-state index in [2.05, 4.69) is 6.58 Å². The van der Waals surface area contributed by atoms with Crippen LogP contribution in [-0.2, 0) is 14.9 Å². The number of Topliss-reactive ketones (excluding diaryl/α,β-unsaturated/α-hetero) is 1. The van der Waals surface area contributed by atoms with Gasteiger partial charge in [-0.2, -0.15) is 8.42 Å². The minimum Gasteiger partial charge on any atom is -0.293 e. The van der Waals surface area contributed by atoms with E-state index in [9.17, 15) is 13.2 Å². The summed E-state index contributed by atoms with van der Waals surface area (Å²) in [7, 11) is -4.04. The molecule has 2 unspecified atom stereocenters. The molecule has 0 aromatic heterocycles. The molecule has 1 saturated heterocycles. The van der Waals surface area contributed by atoms with Crippen molar-refractivity contribution in [2.24, 2.45) is 0 Å². The lowest BCUT2D eigenvalue weighted by atomic mass is 10.2. The molecule has 7 heteroatoms. The third-order valence-electron chi connectivity index (χ3n) is 2.88. The molecule has 0 bridgehead atoms. The van der Waals surface area contributed by atoms with Crippen molar-refractivity contribution in [3.05, 3.63) is 12.2 Å². The lowest BCUT2D eigenvalue weighted by molar-refractivity contribution is -0.114. The van der Waals surface area contributed by atoms with E-state index in [-0.39, 0.29) is 16.8 Å². The molecule has 1 aliphatic rings. The zero-order chi connectivity index (χ0) is 14.7. The Labute approximate surface area is 123 Å². The lowest BCUT2D eigenvalue weighted by Gasteiger charge is -2.26. The number of ketones is 1. The topological polar surface area (TPSA) is 71.4 Å². The first-order valence-corrected chi connectivity index (χ1v) is 9.63. The number of allylic oxidation sites excluding steroid dienone is 1. The summed E-state index contributed by atoms with van der Waals surface area (Å²) < 4.78 is 30.9. The molecule has 0 saturated carbocycles. The molecule has 0 aliphatic carbocycles. The summed E-state index contributed by atoms with van der Waals surface area (Å²) in [5.41, 5.74) is 0.497. The number of carbonyl (C=O) groups is 1. The Balaban J connectivity index is 2.84. The average Bonchev–Trinajstić information content (AvgIpc) is 2.67. The average molecular weight is 324 g/mol. The van der Waals surface area contributed by atoms with Crippen LogP contribution in [0.15, 0.2) is 12.2 Å². The van der Waals surface area contributed by atoms with Gasteiger partial charge in [-0.15, -0.1) is 23.5 Å². The molecule has 1 N–H and O–H groups in total. The number of hydrogen-bond acceptors (Lipinski definition) is 5. The first-order valence-electron chi connectivity index (χ1n) is 6.16. The zero-order valence-corrected chi connectivity index (χ0v) is 13.7. The Morgan fingerprint density at radius 3 is 2.63 bits per heavy atom. The summed E-state index contributed by atoms with van der Waals surface area (Å²) in [6, 6.07) is 0. The largest absolute Gasteiger partial charge is 0.293 e. The van der Waals surface area contributed by atoms with Crippen LogP contribution in [0.2, 0.25) is 0 Å². The van der Waals surface area contributed by atoms with Crippen LogP contribution >= 0.6 is 23.5 Å². The van der Waals surface area contributed by atoms with Crippen molar-refractivity contribution in [1.82, 2.24) is 0 Å². The predicted octanol–water partition coefficient (Wildman–Crippen LogP) is 2.75. The molecule has 0 amide bonds. The van der Waals surface area contributed by atoms with E-state index in [1.807, 2.05) is 6.92 Å². The lowest BCUT2D eigenvalue weighted by Crippen LogP contribution is -2.29. The molecular formula is C12H20O4S3. The van der Waals surface area contributed by atoms with Gasteiger partial charge in [0.1, 0.15) is 0 Å². The fourth-order valence-corrected chi connectivity index (χ4v) is 7.45. The predicted molar refractivity (Wildman–Crippen MR) is 82.3 cm³/mol. The molecule has 0 aromatic carbocycles. The third-order valence-corrected chi connectivity index (χ3v) is 7.78. The van der Waals surface area contributed by atoms with Gasteiger partial charge < -0.3 is 0 Å². The van der Waals surface area contributed by atoms with Crippen molar-refractivity contribution in [2.75, 3.05) is 11.5 Å². The highest BCUT2D eigenvalue weighted by Gasteiger charge is 2.45. The fourth-order valence-electron chi connectivity index (χ4n) is 1.96. The van der Waals surface area contributed by atoms with Gasteiger partial charge in [0.05, 0.1) is 15.1 Å². The molecule has 1 rings (SSSR count). The van der Waals surface area contributed by atoms with Crippen LogP contribution in [-0.4, -0.2) is 39.6 Å². The highest BCUT2D eigenvalue weighted by Crippen LogP contribution is 2.52. The van der Waals surface area contributed by atoms with Crippen molar-refractivity contribution >= 4 is 39.4 Å². The number of carbonyl (C=O) groups excluding carboxylic acids is 1. The van der Waals surface area contributed by atoms with Crippen LogP contribution in [0.5, 0.6) is 0 Å². The normalized spacial score (nSPS) is 27.4. The highest BCUT2D eigenvalue weighted by molar-refractivity contribution is 8.22. The molecule has 110 valence electrons. The SMILES string of the molecule is C=C(C)C(=O)C1CSC(CCCC)(CS(=O)(=O)O)S1. The molecule has 0 radical (unpaired) electrons. The van der Waals surface area contributed by atoms with Crippen molar-refractivity contribution in [3.63, 3.8) is 0 Å². The second-order valence-electron chi connectivity index (χ2n) is 4.80. The van der Waals surface area contributed by atoms with Crippen LogP contribution in [0, 0.1) is 0 Å². The van der Waals surface area contributed by atoms with Gasteiger partial charge in [-0.05, 0) is 18.9 Å². The van der Waals surface area contributed by atoms with Crippen LogP contribution in [0.1, 0.15) is 33.1 Å². The first-order chi connectivity index (χ1) is 8.69. The summed E-state index contributed by atoms with van der Waals surface area (Å²) >= 11 is 2.85. The first kappa shape index (κ1) is 17.1. The maximum absolute atomic E-state index is 11.9. The number of thioether (sulfide) groups is 2. The summed E-state index contributed by atoms with van der Waals surface area (Å²) in [4.78, 5) is 11.9. The maximum Gasteiger partial charge on any atom is 0.267 e. The van der Waals surface area contributed by atoms with E-state index in [1.165, 1.54) is 23.5 Å². The van der Waals surface area contributed by atoms with Gasteiger partial charge >= 0.3 is 0 Å². The molecule has 19 heavy (non-hydrogen) atoms. The maximum atomic E-state index is 11.9. The molecular weight excluding hydrogens is 304 g/mol. The molecule has 2 atom stereocenters. The molecule has 0 aromatic rings. The van der Waals surface area contributed by atoms with Gasteiger partial charge in [-0.1, -0.05) is 26.3 Å². The van der Waals surface area contributed by atoms with Crippen LogP contribution < -0.4 is 0 Å². The zero-order valence-electron chi connectivity index (χ0n) is 11.2. The van der Waals surface area contributed by atoms with Crippen molar-refractivity contribution in [2.45, 2.75) is 42.4 Å². The minimum atomic E-state index is -4.04. The quantitative estimate of drug-likeness (QED) is 0.573. The Bertz CT molecular complexity index is 458. The van der Waals surface area contributed by atoms with E-state index >= 15 is 0 Å². The minimum absolute atomic E-state index is 0.0220. The third kappa shape index (κ3) is 5.13. The summed E-state index contributed by atoms with van der Waals surface area (Å²) in [5.74, 6) is 0.261. The monoisotopic (exact) mass is 324 g/mol.